The summed E-state index contributed by atoms with van der Waals surface area (Å²) in [6, 6.07) is 11.2. The maximum absolute atomic E-state index is 12.9. The van der Waals surface area contributed by atoms with Gasteiger partial charge in [-0.05, 0) is 48.7 Å². The molecule has 3 rings (SSSR count). The van der Waals surface area contributed by atoms with Gasteiger partial charge < -0.3 is 5.11 Å². The summed E-state index contributed by atoms with van der Waals surface area (Å²) >= 11 is 6.18. The Balaban J connectivity index is 1.89. The van der Waals surface area contributed by atoms with E-state index in [1.165, 1.54) is 12.1 Å². The fourth-order valence-electron chi connectivity index (χ4n) is 2.93. The molecule has 1 fully saturated rings. The van der Waals surface area contributed by atoms with E-state index in [-0.39, 0.29) is 10.6 Å². The van der Waals surface area contributed by atoms with Gasteiger partial charge in [-0.2, -0.15) is 4.31 Å². The Morgan fingerprint density at radius 1 is 1.04 bits per heavy atom. The molecule has 0 aromatic heterocycles. The Morgan fingerprint density at radius 3 is 2.46 bits per heavy atom. The van der Waals surface area contributed by atoms with E-state index >= 15 is 0 Å². The lowest BCUT2D eigenvalue weighted by atomic mass is 10.2. The van der Waals surface area contributed by atoms with Gasteiger partial charge in [0.1, 0.15) is 5.75 Å². The second-order valence-corrected chi connectivity index (χ2v) is 8.63. The molecule has 5 nitrogen and oxygen atoms in total. The van der Waals surface area contributed by atoms with Crippen LogP contribution >= 0.6 is 11.6 Å². The highest BCUT2D eigenvalue weighted by molar-refractivity contribution is 7.89. The number of phenolic OH excluding ortho intramolecular Hbond substituents is 1. The molecule has 26 heavy (non-hydrogen) atoms. The van der Waals surface area contributed by atoms with Gasteiger partial charge in [0.2, 0.25) is 10.0 Å². The predicted molar refractivity (Wildman–Crippen MR) is 104 cm³/mol. The lowest BCUT2D eigenvalue weighted by Gasteiger charge is -2.20. The maximum atomic E-state index is 12.9. The second-order valence-electron chi connectivity index (χ2n) is 6.28. The Bertz CT molecular complexity index is 905. The van der Waals surface area contributed by atoms with Crippen LogP contribution in [0.1, 0.15) is 31.2 Å². The summed E-state index contributed by atoms with van der Waals surface area (Å²) in [5, 5.41) is 9.88. The van der Waals surface area contributed by atoms with E-state index in [1.54, 1.807) is 40.9 Å². The van der Waals surface area contributed by atoms with Gasteiger partial charge >= 0.3 is 0 Å². The first-order chi connectivity index (χ1) is 12.5. The first-order valence-corrected chi connectivity index (χ1v) is 10.4. The number of aliphatic imine (C=N–C) groups is 1. The van der Waals surface area contributed by atoms with Gasteiger partial charge in [0.05, 0.1) is 15.6 Å². The smallest absolute Gasteiger partial charge is 0.243 e. The van der Waals surface area contributed by atoms with E-state index < -0.39 is 10.0 Å². The van der Waals surface area contributed by atoms with Crippen LogP contribution in [0.2, 0.25) is 5.02 Å². The summed E-state index contributed by atoms with van der Waals surface area (Å²) < 4.78 is 27.4. The van der Waals surface area contributed by atoms with Gasteiger partial charge in [-0.3, -0.25) is 4.99 Å². The maximum Gasteiger partial charge on any atom is 0.243 e. The summed E-state index contributed by atoms with van der Waals surface area (Å²) in [4.78, 5) is 4.50. The van der Waals surface area contributed by atoms with E-state index in [9.17, 15) is 13.5 Å². The van der Waals surface area contributed by atoms with Crippen molar-refractivity contribution >= 4 is 33.5 Å². The fraction of sp³-hybridized carbons (Fsp3) is 0.316. The number of nitrogens with zero attached hydrogens (tertiary/aromatic N) is 2. The zero-order valence-electron chi connectivity index (χ0n) is 14.3. The van der Waals surface area contributed by atoms with Crippen LogP contribution in [0, 0.1) is 0 Å². The highest BCUT2D eigenvalue weighted by Gasteiger charge is 2.25. The van der Waals surface area contributed by atoms with E-state index in [0.29, 0.717) is 29.4 Å². The number of rotatable bonds is 4. The summed E-state index contributed by atoms with van der Waals surface area (Å²) in [5.74, 6) is 0.137. The van der Waals surface area contributed by atoms with Crippen molar-refractivity contribution in [3.05, 3.63) is 53.1 Å². The third-order valence-corrected chi connectivity index (χ3v) is 6.56. The fourth-order valence-corrected chi connectivity index (χ4v) is 4.64. The molecule has 0 amide bonds. The first-order valence-electron chi connectivity index (χ1n) is 8.59. The molecular formula is C19H21ClN2O3S. The van der Waals surface area contributed by atoms with Crippen molar-refractivity contribution in [2.45, 2.75) is 30.6 Å². The minimum atomic E-state index is -3.55. The van der Waals surface area contributed by atoms with Crippen LogP contribution in [-0.2, 0) is 10.0 Å². The zero-order chi connectivity index (χ0) is 18.6. The molecule has 0 aliphatic carbocycles. The van der Waals surface area contributed by atoms with Crippen molar-refractivity contribution in [1.82, 2.24) is 4.31 Å². The topological polar surface area (TPSA) is 70.0 Å². The number of phenols is 1. The van der Waals surface area contributed by atoms with E-state index in [1.807, 2.05) is 0 Å². The van der Waals surface area contributed by atoms with Crippen molar-refractivity contribution in [2.75, 3.05) is 13.1 Å². The molecule has 1 N–H and O–H groups in total. The average Bonchev–Trinajstić information content (AvgIpc) is 2.91. The highest BCUT2D eigenvalue weighted by Crippen LogP contribution is 2.30. The van der Waals surface area contributed by atoms with Crippen LogP contribution in [-0.4, -0.2) is 37.1 Å². The largest absolute Gasteiger partial charge is 0.508 e. The third-order valence-electron chi connectivity index (χ3n) is 4.34. The molecule has 1 aliphatic heterocycles. The minimum absolute atomic E-state index is 0.137. The number of hydrogen-bond donors (Lipinski definition) is 1. The third kappa shape index (κ3) is 4.44. The lowest BCUT2D eigenvalue weighted by molar-refractivity contribution is 0.424. The summed E-state index contributed by atoms with van der Waals surface area (Å²) in [5.41, 5.74) is 1.08. The van der Waals surface area contributed by atoms with Crippen LogP contribution in [0.5, 0.6) is 5.75 Å². The van der Waals surface area contributed by atoms with Gasteiger partial charge in [-0.15, -0.1) is 0 Å². The predicted octanol–water partition coefficient (Wildman–Crippen LogP) is 4.36. The molecule has 0 spiro atoms. The van der Waals surface area contributed by atoms with Gasteiger partial charge in [0.15, 0.2) is 0 Å². The lowest BCUT2D eigenvalue weighted by Crippen LogP contribution is -2.31. The molecule has 0 unspecified atom stereocenters. The SMILES string of the molecule is O=S(=O)(c1ccc(Cl)c(N=Cc2cccc(O)c2)c1)N1CCCCCC1. The van der Waals surface area contributed by atoms with E-state index in [4.69, 9.17) is 11.6 Å². The molecular weight excluding hydrogens is 372 g/mol. The molecule has 0 saturated carbocycles. The molecule has 7 heteroatoms. The number of sulfonamides is 1. The molecule has 1 aliphatic rings. The van der Waals surface area contributed by atoms with Gasteiger partial charge in [0, 0.05) is 19.3 Å². The van der Waals surface area contributed by atoms with Crippen LogP contribution in [0.15, 0.2) is 52.4 Å². The van der Waals surface area contributed by atoms with Gasteiger partial charge in [0.25, 0.3) is 0 Å². The minimum Gasteiger partial charge on any atom is -0.508 e. The molecule has 138 valence electrons. The Labute approximate surface area is 159 Å². The average molecular weight is 393 g/mol. The normalized spacial score (nSPS) is 16.7. The van der Waals surface area contributed by atoms with E-state index in [2.05, 4.69) is 4.99 Å². The van der Waals surface area contributed by atoms with Crippen LogP contribution < -0.4 is 0 Å². The zero-order valence-corrected chi connectivity index (χ0v) is 15.9. The highest BCUT2D eigenvalue weighted by atomic mass is 35.5. The van der Waals surface area contributed by atoms with Crippen molar-refractivity contribution in [1.29, 1.82) is 0 Å². The summed E-state index contributed by atoms with van der Waals surface area (Å²) in [6.07, 6.45) is 5.44. The summed E-state index contributed by atoms with van der Waals surface area (Å²) in [6.45, 7) is 1.10. The summed E-state index contributed by atoms with van der Waals surface area (Å²) in [7, 11) is -3.55. The van der Waals surface area contributed by atoms with Crippen molar-refractivity contribution in [3.63, 3.8) is 0 Å². The van der Waals surface area contributed by atoms with Crippen LogP contribution in [0.25, 0.3) is 0 Å². The molecule has 0 atom stereocenters. The van der Waals surface area contributed by atoms with Gasteiger partial charge in [-0.25, -0.2) is 8.42 Å². The van der Waals surface area contributed by atoms with Crippen molar-refractivity contribution in [3.8, 4) is 5.75 Å². The molecule has 2 aromatic rings. The number of halogens is 1. The van der Waals surface area contributed by atoms with E-state index in [0.717, 1.165) is 25.7 Å². The van der Waals surface area contributed by atoms with Crippen molar-refractivity contribution < 1.29 is 13.5 Å². The monoisotopic (exact) mass is 392 g/mol. The second kappa shape index (κ2) is 8.20. The Hall–Kier alpha value is -1.89. The number of aromatic hydroxyl groups is 1. The van der Waals surface area contributed by atoms with Gasteiger partial charge in [-0.1, -0.05) is 36.6 Å². The quantitative estimate of drug-likeness (QED) is 0.786. The van der Waals surface area contributed by atoms with Crippen LogP contribution in [0.4, 0.5) is 5.69 Å². The molecule has 1 heterocycles. The Morgan fingerprint density at radius 2 is 1.77 bits per heavy atom. The van der Waals surface area contributed by atoms with Crippen molar-refractivity contribution in [2.24, 2.45) is 4.99 Å². The molecule has 1 saturated heterocycles. The molecule has 0 bridgehead atoms. The molecule has 2 aromatic carbocycles. The number of benzene rings is 2. The number of hydrogen-bond acceptors (Lipinski definition) is 4. The Kier molecular flexibility index (Phi) is 5.96. The molecule has 0 radical (unpaired) electrons. The standard InChI is InChI=1S/C19H21ClN2O3S/c20-18-9-8-17(26(24,25)22-10-3-1-2-4-11-22)13-19(18)21-14-15-6-5-7-16(23)12-15/h5-9,12-14,23H,1-4,10-11H2. The van der Waals surface area contributed by atoms with Crippen LogP contribution in [0.3, 0.4) is 0 Å². The first kappa shape index (κ1) is 18.9.